The smallest absolute Gasteiger partial charge is 0.275 e. The van der Waals surface area contributed by atoms with Crippen molar-refractivity contribution in [1.82, 2.24) is 9.97 Å². The van der Waals surface area contributed by atoms with E-state index in [2.05, 4.69) is 20.6 Å². The molecule has 0 radical (unpaired) electrons. The Morgan fingerprint density at radius 2 is 1.84 bits per heavy atom. The van der Waals surface area contributed by atoms with Crippen molar-refractivity contribution in [1.29, 1.82) is 0 Å². The highest BCUT2D eigenvalue weighted by atomic mass is 35.5. The number of rotatable bonds is 5. The predicted molar refractivity (Wildman–Crippen MR) is 97.7 cm³/mol. The van der Waals surface area contributed by atoms with E-state index in [1.807, 2.05) is 30.3 Å². The van der Waals surface area contributed by atoms with E-state index in [1.54, 1.807) is 18.2 Å². The zero-order chi connectivity index (χ0) is 17.6. The molecular weight excluding hydrogens is 340 g/mol. The lowest BCUT2D eigenvalue weighted by Crippen LogP contribution is -2.14. The highest BCUT2D eigenvalue weighted by Gasteiger charge is 2.10. The monoisotopic (exact) mass is 354 g/mol. The Labute approximate surface area is 149 Å². The van der Waals surface area contributed by atoms with E-state index in [0.29, 0.717) is 22.3 Å². The van der Waals surface area contributed by atoms with Gasteiger partial charge in [0.05, 0.1) is 24.5 Å². The van der Waals surface area contributed by atoms with Gasteiger partial charge in [-0.25, -0.2) is 9.97 Å². The van der Waals surface area contributed by atoms with Gasteiger partial charge in [-0.15, -0.1) is 0 Å². The van der Waals surface area contributed by atoms with Gasteiger partial charge >= 0.3 is 0 Å². The number of aromatic nitrogens is 2. The summed E-state index contributed by atoms with van der Waals surface area (Å²) < 4.78 is 5.08. The fraction of sp³-hybridized carbons (Fsp3) is 0.0556. The van der Waals surface area contributed by atoms with Gasteiger partial charge in [-0.05, 0) is 30.3 Å². The molecule has 0 unspecified atom stereocenters. The van der Waals surface area contributed by atoms with Crippen LogP contribution in [0, 0.1) is 0 Å². The van der Waals surface area contributed by atoms with Gasteiger partial charge in [0.25, 0.3) is 5.91 Å². The van der Waals surface area contributed by atoms with Crippen LogP contribution in [0.2, 0.25) is 5.02 Å². The molecule has 0 saturated heterocycles. The Bertz CT molecular complexity index is 870. The van der Waals surface area contributed by atoms with Gasteiger partial charge in [-0.1, -0.05) is 29.8 Å². The van der Waals surface area contributed by atoms with E-state index in [4.69, 9.17) is 16.3 Å². The van der Waals surface area contributed by atoms with Gasteiger partial charge in [0.15, 0.2) is 0 Å². The van der Waals surface area contributed by atoms with Crippen molar-refractivity contribution in [2.24, 2.45) is 0 Å². The first kappa shape index (κ1) is 16.7. The molecular formula is C18H15ClN4O2. The molecule has 1 heterocycles. The average molecular weight is 355 g/mol. The van der Waals surface area contributed by atoms with Crippen molar-refractivity contribution in [2.75, 3.05) is 17.7 Å². The number of carbonyl (C=O) groups excluding carboxylic acids is 1. The summed E-state index contributed by atoms with van der Waals surface area (Å²) in [6.07, 6.45) is 2.91. The van der Waals surface area contributed by atoms with Crippen LogP contribution in [0.15, 0.2) is 60.9 Å². The third-order valence-corrected chi connectivity index (χ3v) is 3.64. The third-order valence-electron chi connectivity index (χ3n) is 3.34. The summed E-state index contributed by atoms with van der Waals surface area (Å²) in [5, 5.41) is 6.23. The molecule has 6 nitrogen and oxygen atoms in total. The average Bonchev–Trinajstić information content (AvgIpc) is 2.63. The first-order valence-corrected chi connectivity index (χ1v) is 7.82. The van der Waals surface area contributed by atoms with Crippen molar-refractivity contribution in [3.8, 4) is 5.75 Å². The number of ether oxygens (including phenoxy) is 1. The standard InChI is InChI=1S/C18H15ClN4O2/c1-25-16-8-7-13(9-14(16)19)23-18(24)15-10-21-17(11-20-15)22-12-5-3-2-4-6-12/h2-11H,1H3,(H,21,22)(H,23,24). The fourth-order valence-corrected chi connectivity index (χ4v) is 2.38. The molecule has 1 amide bonds. The lowest BCUT2D eigenvalue weighted by molar-refractivity contribution is 0.102. The molecule has 0 spiro atoms. The van der Waals surface area contributed by atoms with Crippen LogP contribution in [-0.4, -0.2) is 23.0 Å². The van der Waals surface area contributed by atoms with Gasteiger partial charge < -0.3 is 15.4 Å². The third kappa shape index (κ3) is 4.24. The summed E-state index contributed by atoms with van der Waals surface area (Å²) in [5.74, 6) is 0.714. The molecule has 2 aromatic carbocycles. The molecule has 7 heteroatoms. The zero-order valence-corrected chi connectivity index (χ0v) is 14.1. The maximum Gasteiger partial charge on any atom is 0.275 e. The molecule has 0 aliphatic rings. The van der Waals surface area contributed by atoms with E-state index in [-0.39, 0.29) is 11.6 Å². The van der Waals surface area contributed by atoms with Crippen molar-refractivity contribution >= 4 is 34.7 Å². The highest BCUT2D eigenvalue weighted by molar-refractivity contribution is 6.32. The second-order valence-electron chi connectivity index (χ2n) is 5.08. The molecule has 0 atom stereocenters. The molecule has 0 saturated carbocycles. The Morgan fingerprint density at radius 3 is 2.48 bits per heavy atom. The summed E-state index contributed by atoms with van der Waals surface area (Å²) in [6.45, 7) is 0. The van der Waals surface area contributed by atoms with Crippen molar-refractivity contribution in [2.45, 2.75) is 0 Å². The number of hydrogen-bond acceptors (Lipinski definition) is 5. The maximum absolute atomic E-state index is 12.2. The van der Waals surface area contributed by atoms with E-state index >= 15 is 0 Å². The Morgan fingerprint density at radius 1 is 1.04 bits per heavy atom. The van der Waals surface area contributed by atoms with Gasteiger partial charge in [0.1, 0.15) is 17.3 Å². The van der Waals surface area contributed by atoms with Gasteiger partial charge in [-0.3, -0.25) is 4.79 Å². The maximum atomic E-state index is 12.2. The summed E-state index contributed by atoms with van der Waals surface area (Å²) >= 11 is 6.04. The Hall–Kier alpha value is -3.12. The molecule has 0 aliphatic carbocycles. The van der Waals surface area contributed by atoms with Gasteiger partial charge in [0.2, 0.25) is 0 Å². The van der Waals surface area contributed by atoms with Crippen molar-refractivity contribution in [3.63, 3.8) is 0 Å². The molecule has 2 N–H and O–H groups in total. The number of carbonyl (C=O) groups is 1. The lowest BCUT2D eigenvalue weighted by Gasteiger charge is -2.08. The van der Waals surface area contributed by atoms with Crippen LogP contribution in [0.4, 0.5) is 17.2 Å². The Balaban J connectivity index is 1.67. The number of amides is 1. The Kier molecular flexibility index (Phi) is 5.11. The molecule has 126 valence electrons. The highest BCUT2D eigenvalue weighted by Crippen LogP contribution is 2.27. The summed E-state index contributed by atoms with van der Waals surface area (Å²) in [5.41, 5.74) is 1.64. The van der Waals surface area contributed by atoms with E-state index in [9.17, 15) is 4.79 Å². The van der Waals surface area contributed by atoms with Crippen LogP contribution in [0.25, 0.3) is 0 Å². The fourth-order valence-electron chi connectivity index (χ4n) is 2.12. The van der Waals surface area contributed by atoms with Gasteiger partial charge in [0, 0.05) is 11.4 Å². The number of hydrogen-bond donors (Lipinski definition) is 2. The molecule has 25 heavy (non-hydrogen) atoms. The predicted octanol–water partition coefficient (Wildman–Crippen LogP) is 4.13. The number of anilines is 3. The second kappa shape index (κ2) is 7.63. The summed E-state index contributed by atoms with van der Waals surface area (Å²) in [7, 11) is 1.53. The normalized spacial score (nSPS) is 10.2. The molecule has 0 bridgehead atoms. The van der Waals surface area contributed by atoms with Crippen molar-refractivity contribution < 1.29 is 9.53 Å². The number of methoxy groups -OCH3 is 1. The van der Waals surface area contributed by atoms with Crippen LogP contribution >= 0.6 is 11.6 Å². The number of nitrogens with zero attached hydrogens (tertiary/aromatic N) is 2. The minimum atomic E-state index is -0.375. The largest absolute Gasteiger partial charge is 0.495 e. The lowest BCUT2D eigenvalue weighted by atomic mass is 10.3. The second-order valence-corrected chi connectivity index (χ2v) is 5.49. The zero-order valence-electron chi connectivity index (χ0n) is 13.4. The number of halogens is 1. The molecule has 0 aliphatic heterocycles. The number of benzene rings is 2. The van der Waals surface area contributed by atoms with E-state index < -0.39 is 0 Å². The number of nitrogens with one attached hydrogen (secondary N) is 2. The summed E-state index contributed by atoms with van der Waals surface area (Å²) in [4.78, 5) is 20.6. The van der Waals surface area contributed by atoms with E-state index in [1.165, 1.54) is 19.5 Å². The van der Waals surface area contributed by atoms with Crippen LogP contribution in [0.3, 0.4) is 0 Å². The SMILES string of the molecule is COc1ccc(NC(=O)c2cnc(Nc3ccccc3)cn2)cc1Cl. The topological polar surface area (TPSA) is 76.1 Å². The molecule has 0 fully saturated rings. The van der Waals surface area contributed by atoms with Crippen LogP contribution in [0.1, 0.15) is 10.5 Å². The molecule has 1 aromatic heterocycles. The first-order valence-electron chi connectivity index (χ1n) is 7.45. The van der Waals surface area contributed by atoms with Crippen molar-refractivity contribution in [3.05, 3.63) is 71.6 Å². The first-order chi connectivity index (χ1) is 12.2. The minimum absolute atomic E-state index is 0.200. The minimum Gasteiger partial charge on any atom is -0.495 e. The quantitative estimate of drug-likeness (QED) is 0.720. The van der Waals surface area contributed by atoms with E-state index in [0.717, 1.165) is 5.69 Å². The molecule has 3 aromatic rings. The summed E-state index contributed by atoms with van der Waals surface area (Å²) in [6, 6.07) is 14.6. The molecule has 3 rings (SSSR count). The number of para-hydroxylation sites is 1. The van der Waals surface area contributed by atoms with Crippen LogP contribution < -0.4 is 15.4 Å². The van der Waals surface area contributed by atoms with Gasteiger partial charge in [-0.2, -0.15) is 0 Å². The van der Waals surface area contributed by atoms with Crippen LogP contribution in [0.5, 0.6) is 5.75 Å². The van der Waals surface area contributed by atoms with Crippen LogP contribution in [-0.2, 0) is 0 Å².